The van der Waals surface area contributed by atoms with E-state index in [1.807, 2.05) is 26.8 Å². The minimum absolute atomic E-state index is 0.0430. The van der Waals surface area contributed by atoms with E-state index in [2.05, 4.69) is 34.0 Å². The van der Waals surface area contributed by atoms with E-state index in [9.17, 15) is 18.0 Å². The fourth-order valence-corrected chi connectivity index (χ4v) is 5.96. The molecule has 0 aromatic carbocycles. The van der Waals surface area contributed by atoms with Gasteiger partial charge in [-0.2, -0.15) is 13.2 Å². The number of anilines is 2. The number of halogens is 3. The first-order valence-electron chi connectivity index (χ1n) is 15.6. The zero-order valence-electron chi connectivity index (χ0n) is 26.6. The lowest BCUT2D eigenvalue weighted by Crippen LogP contribution is -2.40. The molecule has 0 amide bonds. The Labute approximate surface area is 258 Å². The molecule has 2 aromatic heterocycles. The van der Waals surface area contributed by atoms with Gasteiger partial charge in [-0.1, -0.05) is 33.3 Å². The Morgan fingerprint density at radius 2 is 1.98 bits per heavy atom. The Kier molecular flexibility index (Phi) is 11.1. The van der Waals surface area contributed by atoms with Gasteiger partial charge < -0.3 is 24.4 Å². The number of carbonyl (C=O) groups excluding carboxylic acids is 1. The highest BCUT2D eigenvalue weighted by molar-refractivity contribution is 5.95. The number of ether oxygens (including phenoxy) is 3. The number of ketones is 1. The lowest BCUT2D eigenvalue weighted by Gasteiger charge is -2.39. The van der Waals surface area contributed by atoms with E-state index < -0.39 is 23.8 Å². The van der Waals surface area contributed by atoms with Crippen LogP contribution in [0.1, 0.15) is 89.2 Å². The van der Waals surface area contributed by atoms with Gasteiger partial charge in [0.1, 0.15) is 36.4 Å². The number of rotatable bonds is 15. The Bertz CT molecular complexity index is 1250. The van der Waals surface area contributed by atoms with Crippen LogP contribution in [-0.4, -0.2) is 64.7 Å². The molecule has 9 nitrogen and oxygen atoms in total. The highest BCUT2D eigenvalue weighted by Gasteiger charge is 2.46. The summed E-state index contributed by atoms with van der Waals surface area (Å²) >= 11 is 0. The van der Waals surface area contributed by atoms with Gasteiger partial charge in [-0.15, -0.1) is 0 Å². The van der Waals surface area contributed by atoms with E-state index in [1.165, 1.54) is 13.3 Å². The first kappa shape index (κ1) is 33.9. The average molecular weight is 622 g/mol. The van der Waals surface area contributed by atoms with Crippen LogP contribution in [0.4, 0.5) is 24.8 Å². The van der Waals surface area contributed by atoms with E-state index in [0.717, 1.165) is 24.8 Å². The van der Waals surface area contributed by atoms with E-state index in [-0.39, 0.29) is 30.3 Å². The molecule has 244 valence electrons. The molecular weight excluding hydrogens is 575 g/mol. The van der Waals surface area contributed by atoms with Crippen LogP contribution in [0.25, 0.3) is 0 Å². The summed E-state index contributed by atoms with van der Waals surface area (Å²) in [5, 5.41) is 3.37. The van der Waals surface area contributed by atoms with Crippen molar-refractivity contribution in [3.8, 4) is 5.88 Å². The molecule has 0 radical (unpaired) electrons. The van der Waals surface area contributed by atoms with E-state index in [4.69, 9.17) is 19.2 Å². The Hall–Kier alpha value is -2.99. The van der Waals surface area contributed by atoms with Crippen LogP contribution in [0.5, 0.6) is 5.88 Å². The quantitative estimate of drug-likeness (QED) is 0.167. The molecule has 1 aliphatic heterocycles. The fraction of sp³-hybridized carbons (Fsp3) is 0.688. The number of alkyl halides is 3. The zero-order chi connectivity index (χ0) is 32.1. The summed E-state index contributed by atoms with van der Waals surface area (Å²) in [5.41, 5.74) is 1.27. The van der Waals surface area contributed by atoms with E-state index in [0.29, 0.717) is 55.9 Å². The molecule has 0 bridgehead atoms. The van der Waals surface area contributed by atoms with Gasteiger partial charge in [-0.25, -0.2) is 15.0 Å². The van der Waals surface area contributed by atoms with Gasteiger partial charge in [0.05, 0.1) is 19.2 Å². The smallest absolute Gasteiger partial charge is 0.391 e. The monoisotopic (exact) mass is 621 g/mol. The van der Waals surface area contributed by atoms with Crippen molar-refractivity contribution < 1.29 is 32.2 Å². The molecule has 1 saturated carbocycles. The molecular formula is C32H46F3N5O4. The Morgan fingerprint density at radius 3 is 2.61 bits per heavy atom. The predicted octanol–water partition coefficient (Wildman–Crippen LogP) is 6.96. The van der Waals surface area contributed by atoms with Crippen LogP contribution < -0.4 is 15.0 Å². The number of aromatic nitrogens is 3. The van der Waals surface area contributed by atoms with Crippen molar-refractivity contribution in [3.63, 3.8) is 0 Å². The predicted molar refractivity (Wildman–Crippen MR) is 162 cm³/mol. The van der Waals surface area contributed by atoms with Crippen LogP contribution in [0.15, 0.2) is 24.5 Å². The summed E-state index contributed by atoms with van der Waals surface area (Å²) in [6.07, 6.45) is 0.857. The molecule has 3 heterocycles. The molecule has 2 aliphatic rings. The van der Waals surface area contributed by atoms with Gasteiger partial charge in [-0.3, -0.25) is 4.79 Å². The number of Topliss-reactive ketones (excluding diaryl/α,β-unsaturated/α-hetero) is 1. The summed E-state index contributed by atoms with van der Waals surface area (Å²) in [5.74, 6) is -0.882. The topological polar surface area (TPSA) is 98.7 Å². The third-order valence-corrected chi connectivity index (χ3v) is 8.69. The molecule has 1 saturated heterocycles. The summed E-state index contributed by atoms with van der Waals surface area (Å²) in [4.78, 5) is 28.8. The van der Waals surface area contributed by atoms with Crippen molar-refractivity contribution >= 4 is 17.4 Å². The number of pyridine rings is 1. The minimum atomic E-state index is -4.20. The van der Waals surface area contributed by atoms with Gasteiger partial charge in [0.15, 0.2) is 11.6 Å². The van der Waals surface area contributed by atoms with Gasteiger partial charge in [0.2, 0.25) is 5.88 Å². The van der Waals surface area contributed by atoms with Gasteiger partial charge in [0.25, 0.3) is 0 Å². The standard InChI is InChI=1S/C32H46F3N5O4/c1-7-9-24(8-2)40(19-38-28-15-29(37-18-36-28)42-16-25-17-43-31(5,6)44-25)30-20(3)10-11-26(39-30)27(41)14-22-12-23(13-22)21(4)32(33,34)35/h10-11,15,18,21-25H,7-9,12-14,16-17,19H2,1-6H3,(H,36,37,38)/t21-,22?,23?,24+,25+/m0/s1. The van der Waals surface area contributed by atoms with Gasteiger partial charge in [-0.05, 0) is 69.9 Å². The number of nitrogens with one attached hydrogen (secondary N) is 1. The Morgan fingerprint density at radius 1 is 1.23 bits per heavy atom. The molecule has 12 heteroatoms. The molecule has 44 heavy (non-hydrogen) atoms. The SMILES string of the molecule is CCC[C@@H](CC)N(CNc1cc(OC[C@@H]2COC(C)(C)O2)ncn1)c1nc(C(=O)CC2CC([C@H](C)C(F)(F)F)C2)ccc1C. The maximum absolute atomic E-state index is 13.2. The molecule has 3 atom stereocenters. The number of aryl methyl sites for hydroxylation is 1. The van der Waals surface area contributed by atoms with Crippen molar-refractivity contribution in [2.45, 2.75) is 104 Å². The third-order valence-electron chi connectivity index (χ3n) is 8.69. The van der Waals surface area contributed by atoms with Crippen molar-refractivity contribution in [2.75, 3.05) is 30.1 Å². The molecule has 1 aliphatic carbocycles. The maximum atomic E-state index is 13.2. The van der Waals surface area contributed by atoms with Crippen LogP contribution in [-0.2, 0) is 9.47 Å². The highest BCUT2D eigenvalue weighted by atomic mass is 19.4. The lowest BCUT2D eigenvalue weighted by molar-refractivity contribution is -0.194. The van der Waals surface area contributed by atoms with Crippen molar-refractivity contribution in [1.82, 2.24) is 15.0 Å². The highest BCUT2D eigenvalue weighted by Crippen LogP contribution is 2.46. The number of nitrogens with zero attached hydrogens (tertiary/aromatic N) is 4. The van der Waals surface area contributed by atoms with Crippen molar-refractivity contribution in [1.29, 1.82) is 0 Å². The number of hydrogen-bond acceptors (Lipinski definition) is 9. The summed E-state index contributed by atoms with van der Waals surface area (Å²) in [6.45, 7) is 12.3. The first-order chi connectivity index (χ1) is 20.8. The summed E-state index contributed by atoms with van der Waals surface area (Å²) in [6, 6.07) is 5.49. The maximum Gasteiger partial charge on any atom is 0.391 e. The molecule has 1 N–H and O–H groups in total. The van der Waals surface area contributed by atoms with E-state index in [1.54, 1.807) is 12.1 Å². The number of carbonyl (C=O) groups is 1. The first-order valence-corrected chi connectivity index (χ1v) is 15.6. The summed E-state index contributed by atoms with van der Waals surface area (Å²) in [7, 11) is 0. The van der Waals surface area contributed by atoms with Crippen LogP contribution in [0, 0.1) is 24.7 Å². The molecule has 4 rings (SSSR count). The minimum Gasteiger partial charge on any atom is -0.475 e. The normalized spacial score (nSPS) is 22.6. The fourth-order valence-electron chi connectivity index (χ4n) is 5.96. The molecule has 2 fully saturated rings. The van der Waals surface area contributed by atoms with Crippen molar-refractivity contribution in [2.24, 2.45) is 17.8 Å². The lowest BCUT2D eigenvalue weighted by atomic mass is 9.67. The number of hydrogen-bond donors (Lipinski definition) is 1. The van der Waals surface area contributed by atoms with Crippen molar-refractivity contribution in [3.05, 3.63) is 35.8 Å². The molecule has 0 unspecified atom stereocenters. The average Bonchev–Trinajstić information content (AvgIpc) is 3.31. The zero-order valence-corrected chi connectivity index (χ0v) is 26.6. The Balaban J connectivity index is 1.43. The van der Waals surface area contributed by atoms with Crippen LogP contribution in [0.3, 0.4) is 0 Å². The van der Waals surface area contributed by atoms with Crippen LogP contribution in [0.2, 0.25) is 0 Å². The molecule has 2 aromatic rings. The van der Waals surface area contributed by atoms with Crippen LogP contribution >= 0.6 is 0 Å². The third kappa shape index (κ3) is 8.80. The largest absolute Gasteiger partial charge is 0.475 e. The molecule has 0 spiro atoms. The second-order valence-electron chi connectivity index (χ2n) is 12.6. The second-order valence-corrected chi connectivity index (χ2v) is 12.6. The van der Waals surface area contributed by atoms with Gasteiger partial charge >= 0.3 is 6.18 Å². The van der Waals surface area contributed by atoms with E-state index >= 15 is 0 Å². The van der Waals surface area contributed by atoms with Gasteiger partial charge in [0, 0.05) is 18.5 Å². The second kappa shape index (κ2) is 14.4. The summed E-state index contributed by atoms with van der Waals surface area (Å²) < 4.78 is 56.5.